The zero-order valence-electron chi connectivity index (χ0n) is 7.71. The van der Waals surface area contributed by atoms with E-state index in [2.05, 4.69) is 4.74 Å². The van der Waals surface area contributed by atoms with Crippen LogP contribution in [0.5, 0.6) is 5.75 Å². The van der Waals surface area contributed by atoms with Gasteiger partial charge in [0.25, 0.3) is 0 Å². The summed E-state index contributed by atoms with van der Waals surface area (Å²) in [6, 6.07) is 3.36. The van der Waals surface area contributed by atoms with Crippen LogP contribution in [0.25, 0.3) is 0 Å². The van der Waals surface area contributed by atoms with E-state index < -0.39 is 18.0 Å². The lowest BCUT2D eigenvalue weighted by molar-refractivity contribution is -0.0500. The van der Waals surface area contributed by atoms with Crippen LogP contribution >= 0.6 is 0 Å². The molecule has 0 aromatic heterocycles. The van der Waals surface area contributed by atoms with Gasteiger partial charge in [-0.25, -0.2) is 4.39 Å². The molecule has 0 aliphatic heterocycles. The van der Waals surface area contributed by atoms with E-state index in [0.29, 0.717) is 12.8 Å². The Morgan fingerprint density at radius 1 is 1.33 bits per heavy atom. The number of aliphatic hydroxyl groups is 1. The van der Waals surface area contributed by atoms with E-state index in [1.54, 1.807) is 0 Å². The lowest BCUT2D eigenvalue weighted by Crippen LogP contribution is -2.08. The summed E-state index contributed by atoms with van der Waals surface area (Å²) in [6.45, 7) is -2.97. The summed E-state index contributed by atoms with van der Waals surface area (Å²) >= 11 is 0. The van der Waals surface area contributed by atoms with Crippen LogP contribution in [-0.2, 0) is 5.60 Å². The Bertz CT molecular complexity index is 375. The summed E-state index contributed by atoms with van der Waals surface area (Å²) in [5, 5.41) is 9.62. The van der Waals surface area contributed by atoms with Crippen molar-refractivity contribution in [1.82, 2.24) is 0 Å². The second kappa shape index (κ2) is 3.41. The van der Waals surface area contributed by atoms with Crippen molar-refractivity contribution < 1.29 is 23.0 Å². The number of alkyl halides is 2. The fourth-order valence-electron chi connectivity index (χ4n) is 1.44. The number of hydrogen-bond acceptors (Lipinski definition) is 2. The first-order valence-electron chi connectivity index (χ1n) is 4.48. The van der Waals surface area contributed by atoms with Crippen molar-refractivity contribution in [3.05, 3.63) is 29.6 Å². The topological polar surface area (TPSA) is 29.5 Å². The van der Waals surface area contributed by atoms with E-state index >= 15 is 0 Å². The van der Waals surface area contributed by atoms with Gasteiger partial charge in [-0.2, -0.15) is 8.78 Å². The van der Waals surface area contributed by atoms with Gasteiger partial charge >= 0.3 is 6.61 Å². The number of ether oxygens (including phenoxy) is 1. The highest BCUT2D eigenvalue weighted by atomic mass is 19.3. The Balaban J connectivity index is 2.23. The van der Waals surface area contributed by atoms with Gasteiger partial charge in [0.05, 0.1) is 5.60 Å². The average Bonchev–Trinajstić information content (AvgIpc) is 2.83. The third kappa shape index (κ3) is 2.07. The van der Waals surface area contributed by atoms with Crippen LogP contribution in [0.3, 0.4) is 0 Å². The minimum Gasteiger partial charge on any atom is -0.435 e. The maximum atomic E-state index is 13.4. The van der Waals surface area contributed by atoms with Crippen molar-refractivity contribution in [2.24, 2.45) is 0 Å². The molecular formula is C10H9F3O2. The number of hydrogen-bond donors (Lipinski definition) is 1. The van der Waals surface area contributed by atoms with Gasteiger partial charge in [0.2, 0.25) is 0 Å². The maximum absolute atomic E-state index is 13.4. The lowest BCUT2D eigenvalue weighted by Gasteiger charge is -2.11. The van der Waals surface area contributed by atoms with Crippen LogP contribution in [0.1, 0.15) is 18.4 Å². The Kier molecular flexibility index (Phi) is 2.34. The molecule has 5 heteroatoms. The minimum absolute atomic E-state index is 0.143. The highest BCUT2D eigenvalue weighted by Gasteiger charge is 2.44. The Morgan fingerprint density at radius 3 is 2.47 bits per heavy atom. The summed E-state index contributed by atoms with van der Waals surface area (Å²) < 4.78 is 41.0. The first kappa shape index (κ1) is 10.3. The monoisotopic (exact) mass is 218 g/mol. The standard InChI is InChI=1S/C10H9F3O2/c11-8-5-6(15-9(12)13)1-2-7(8)10(14)3-4-10/h1-2,5,9,14H,3-4H2. The summed E-state index contributed by atoms with van der Waals surface area (Å²) in [4.78, 5) is 0. The summed E-state index contributed by atoms with van der Waals surface area (Å²) in [6.07, 6.45) is 0.998. The highest BCUT2D eigenvalue weighted by molar-refractivity contribution is 5.35. The van der Waals surface area contributed by atoms with Crippen molar-refractivity contribution in [3.63, 3.8) is 0 Å². The van der Waals surface area contributed by atoms with E-state index in [1.165, 1.54) is 12.1 Å². The molecule has 2 rings (SSSR count). The molecule has 0 radical (unpaired) electrons. The van der Waals surface area contributed by atoms with Gasteiger partial charge in [0.1, 0.15) is 11.6 Å². The molecule has 1 aliphatic rings. The first-order valence-corrected chi connectivity index (χ1v) is 4.48. The van der Waals surface area contributed by atoms with Crippen LogP contribution in [0.15, 0.2) is 18.2 Å². The van der Waals surface area contributed by atoms with Crippen LogP contribution in [-0.4, -0.2) is 11.7 Å². The van der Waals surface area contributed by atoms with Crippen molar-refractivity contribution in [3.8, 4) is 5.75 Å². The summed E-state index contributed by atoms with van der Waals surface area (Å²) in [5.41, 5.74) is -0.961. The minimum atomic E-state index is -2.97. The molecule has 1 aliphatic carbocycles. The Labute approximate surface area is 84.3 Å². The van der Waals surface area contributed by atoms with E-state index in [0.717, 1.165) is 6.07 Å². The van der Waals surface area contributed by atoms with Gasteiger partial charge < -0.3 is 9.84 Å². The molecule has 0 spiro atoms. The molecule has 1 aromatic rings. The third-order valence-corrected chi connectivity index (χ3v) is 2.39. The van der Waals surface area contributed by atoms with E-state index in [4.69, 9.17) is 0 Å². The molecule has 1 fully saturated rings. The van der Waals surface area contributed by atoms with Crippen molar-refractivity contribution in [2.75, 3.05) is 0 Å². The van der Waals surface area contributed by atoms with Crippen LogP contribution < -0.4 is 4.74 Å². The highest BCUT2D eigenvalue weighted by Crippen LogP contribution is 2.46. The predicted molar refractivity (Wildman–Crippen MR) is 46.2 cm³/mol. The predicted octanol–water partition coefficient (Wildman–Crippen LogP) is 2.41. The van der Waals surface area contributed by atoms with Crippen molar-refractivity contribution >= 4 is 0 Å². The fraction of sp³-hybridized carbons (Fsp3) is 0.400. The van der Waals surface area contributed by atoms with Crippen molar-refractivity contribution in [1.29, 1.82) is 0 Å². The molecular weight excluding hydrogens is 209 g/mol. The van der Waals surface area contributed by atoms with E-state index in [-0.39, 0.29) is 11.3 Å². The number of rotatable bonds is 3. The smallest absolute Gasteiger partial charge is 0.387 e. The van der Waals surface area contributed by atoms with Crippen molar-refractivity contribution in [2.45, 2.75) is 25.1 Å². The Morgan fingerprint density at radius 2 is 2.00 bits per heavy atom. The molecule has 0 saturated heterocycles. The molecule has 1 aromatic carbocycles. The largest absolute Gasteiger partial charge is 0.435 e. The van der Waals surface area contributed by atoms with Crippen LogP contribution in [0, 0.1) is 5.82 Å². The average molecular weight is 218 g/mol. The summed E-state index contributed by atoms with van der Waals surface area (Å²) in [7, 11) is 0. The van der Waals surface area contributed by atoms with Gasteiger partial charge in [0, 0.05) is 11.6 Å². The maximum Gasteiger partial charge on any atom is 0.387 e. The zero-order chi connectivity index (χ0) is 11.1. The number of benzene rings is 1. The SMILES string of the molecule is OC1(c2ccc(OC(F)F)cc2F)CC1. The van der Waals surface area contributed by atoms with Crippen LogP contribution in [0.4, 0.5) is 13.2 Å². The Hall–Kier alpha value is -1.23. The molecule has 0 amide bonds. The lowest BCUT2D eigenvalue weighted by atomic mass is 10.1. The summed E-state index contributed by atoms with van der Waals surface area (Å²) in [5.74, 6) is -0.955. The first-order chi connectivity index (χ1) is 7.01. The van der Waals surface area contributed by atoms with Gasteiger partial charge in [0.15, 0.2) is 0 Å². The molecule has 82 valence electrons. The van der Waals surface area contributed by atoms with E-state index in [9.17, 15) is 18.3 Å². The normalized spacial score (nSPS) is 17.9. The molecule has 0 atom stereocenters. The molecule has 2 nitrogen and oxygen atoms in total. The fourth-order valence-corrected chi connectivity index (χ4v) is 1.44. The third-order valence-electron chi connectivity index (χ3n) is 2.39. The molecule has 1 saturated carbocycles. The quantitative estimate of drug-likeness (QED) is 0.844. The van der Waals surface area contributed by atoms with Gasteiger partial charge in [-0.3, -0.25) is 0 Å². The van der Waals surface area contributed by atoms with Gasteiger partial charge in [-0.05, 0) is 25.0 Å². The van der Waals surface area contributed by atoms with Crippen LogP contribution in [0.2, 0.25) is 0 Å². The zero-order valence-corrected chi connectivity index (χ0v) is 7.71. The second-order valence-corrected chi connectivity index (χ2v) is 3.55. The van der Waals surface area contributed by atoms with E-state index in [1.807, 2.05) is 0 Å². The molecule has 15 heavy (non-hydrogen) atoms. The molecule has 1 N–H and O–H groups in total. The molecule has 0 heterocycles. The van der Waals surface area contributed by atoms with Gasteiger partial charge in [-0.15, -0.1) is 0 Å². The number of halogens is 3. The van der Waals surface area contributed by atoms with Gasteiger partial charge in [-0.1, -0.05) is 0 Å². The molecule has 0 unspecified atom stereocenters. The second-order valence-electron chi connectivity index (χ2n) is 3.55. The molecule has 0 bridgehead atoms.